The number of carbonyl (C=O) groups is 1. The number of aromatic nitrogens is 2. The van der Waals surface area contributed by atoms with Crippen LogP contribution in [0.15, 0.2) is 47.5 Å². The first-order valence-corrected chi connectivity index (χ1v) is 9.45. The summed E-state index contributed by atoms with van der Waals surface area (Å²) < 4.78 is 7.43. The third-order valence-corrected chi connectivity index (χ3v) is 4.65. The molecule has 146 valence electrons. The van der Waals surface area contributed by atoms with Crippen LogP contribution in [-0.4, -0.2) is 27.0 Å². The number of carbonyl (C=O) groups excluding carboxylic acids is 1. The van der Waals surface area contributed by atoms with Crippen LogP contribution in [0, 0.1) is 0 Å². The van der Waals surface area contributed by atoms with Gasteiger partial charge in [0.05, 0.1) is 29.4 Å². The molecule has 28 heavy (non-hydrogen) atoms. The molecule has 3 rings (SSSR count). The molecule has 2 aromatic carbocycles. The van der Waals surface area contributed by atoms with Gasteiger partial charge in [-0.2, -0.15) is 0 Å². The van der Waals surface area contributed by atoms with Crippen LogP contribution in [0.2, 0.25) is 0 Å². The highest BCUT2D eigenvalue weighted by Crippen LogP contribution is 2.33. The van der Waals surface area contributed by atoms with E-state index in [2.05, 4.69) is 4.98 Å². The van der Waals surface area contributed by atoms with Gasteiger partial charge in [0.1, 0.15) is 11.5 Å². The Bertz CT molecular complexity index is 1060. The summed E-state index contributed by atoms with van der Waals surface area (Å²) in [5.74, 6) is 0.403. The standard InChI is InChI=1S/C22H24N2O4/c1-3-7-18-20(11-10-16(15(2)25)21(18)26)28-13-6-12-24-14-23-19-9-5-4-8-17(19)22(24)27/h4-5,8-11,14,26H,3,6-7,12-13H2,1-2H3. The zero-order valence-corrected chi connectivity index (χ0v) is 16.1. The Kier molecular flexibility index (Phi) is 6.09. The van der Waals surface area contributed by atoms with E-state index in [9.17, 15) is 14.7 Å². The average Bonchev–Trinajstić information content (AvgIpc) is 2.69. The minimum Gasteiger partial charge on any atom is -0.507 e. The van der Waals surface area contributed by atoms with Gasteiger partial charge in [-0.05, 0) is 44.0 Å². The van der Waals surface area contributed by atoms with E-state index in [1.807, 2.05) is 25.1 Å². The number of para-hydroxylation sites is 1. The molecule has 0 atom stereocenters. The second-order valence-electron chi connectivity index (χ2n) is 6.71. The van der Waals surface area contributed by atoms with Crippen LogP contribution in [0.4, 0.5) is 0 Å². The number of fused-ring (bicyclic) bond motifs is 1. The minimum absolute atomic E-state index is 0.00167. The fourth-order valence-electron chi connectivity index (χ4n) is 3.21. The molecule has 0 saturated heterocycles. The summed E-state index contributed by atoms with van der Waals surface area (Å²) in [4.78, 5) is 28.4. The Morgan fingerprint density at radius 3 is 2.75 bits per heavy atom. The predicted octanol–water partition coefficient (Wildman–Crippen LogP) is 3.73. The maximum atomic E-state index is 12.5. The van der Waals surface area contributed by atoms with Gasteiger partial charge in [0.15, 0.2) is 5.78 Å². The Hall–Kier alpha value is -3.15. The number of phenolic OH excluding ortho intramolecular Hbond substituents is 1. The zero-order chi connectivity index (χ0) is 20.1. The molecule has 6 nitrogen and oxygen atoms in total. The summed E-state index contributed by atoms with van der Waals surface area (Å²) in [7, 11) is 0. The van der Waals surface area contributed by atoms with Crippen molar-refractivity contribution in [3.8, 4) is 11.5 Å². The zero-order valence-electron chi connectivity index (χ0n) is 16.1. The average molecular weight is 380 g/mol. The van der Waals surface area contributed by atoms with E-state index < -0.39 is 0 Å². The Morgan fingerprint density at radius 2 is 2.00 bits per heavy atom. The second-order valence-corrected chi connectivity index (χ2v) is 6.71. The van der Waals surface area contributed by atoms with Crippen molar-refractivity contribution in [1.29, 1.82) is 0 Å². The van der Waals surface area contributed by atoms with Crippen molar-refractivity contribution in [2.75, 3.05) is 6.61 Å². The topological polar surface area (TPSA) is 81.4 Å². The van der Waals surface area contributed by atoms with Crippen LogP contribution in [0.5, 0.6) is 11.5 Å². The van der Waals surface area contributed by atoms with Crippen LogP contribution < -0.4 is 10.3 Å². The molecule has 0 fully saturated rings. The number of aryl methyl sites for hydroxylation is 1. The van der Waals surface area contributed by atoms with E-state index in [0.717, 1.165) is 6.42 Å². The van der Waals surface area contributed by atoms with Crippen LogP contribution >= 0.6 is 0 Å². The molecular formula is C22H24N2O4. The van der Waals surface area contributed by atoms with Gasteiger partial charge in [-0.15, -0.1) is 0 Å². The quantitative estimate of drug-likeness (QED) is 0.476. The number of benzene rings is 2. The van der Waals surface area contributed by atoms with Crippen molar-refractivity contribution in [2.45, 2.75) is 39.7 Å². The third-order valence-electron chi connectivity index (χ3n) is 4.65. The Balaban J connectivity index is 1.69. The minimum atomic E-state index is -0.176. The van der Waals surface area contributed by atoms with Crippen LogP contribution in [0.1, 0.15) is 42.6 Å². The molecule has 0 radical (unpaired) electrons. The normalized spacial score (nSPS) is 10.9. The van der Waals surface area contributed by atoms with Crippen molar-refractivity contribution in [3.05, 3.63) is 64.2 Å². The monoisotopic (exact) mass is 380 g/mol. The van der Waals surface area contributed by atoms with Gasteiger partial charge < -0.3 is 9.84 Å². The number of hydrogen-bond donors (Lipinski definition) is 1. The molecule has 0 spiro atoms. The molecule has 1 N–H and O–H groups in total. The van der Waals surface area contributed by atoms with Crippen molar-refractivity contribution in [1.82, 2.24) is 9.55 Å². The van der Waals surface area contributed by atoms with E-state index in [4.69, 9.17) is 4.74 Å². The molecular weight excluding hydrogens is 356 g/mol. The molecule has 0 bridgehead atoms. The molecule has 3 aromatic rings. The van der Waals surface area contributed by atoms with Gasteiger partial charge in [0.25, 0.3) is 5.56 Å². The Labute approximate surface area is 163 Å². The van der Waals surface area contributed by atoms with E-state index >= 15 is 0 Å². The summed E-state index contributed by atoms with van der Waals surface area (Å²) >= 11 is 0. The van der Waals surface area contributed by atoms with Gasteiger partial charge in [-0.25, -0.2) is 4.98 Å². The number of rotatable bonds is 8. The first-order valence-electron chi connectivity index (χ1n) is 9.45. The Morgan fingerprint density at radius 1 is 1.21 bits per heavy atom. The highest BCUT2D eigenvalue weighted by atomic mass is 16.5. The highest BCUT2D eigenvalue weighted by Gasteiger charge is 2.15. The van der Waals surface area contributed by atoms with E-state index in [1.165, 1.54) is 6.92 Å². The lowest BCUT2D eigenvalue weighted by molar-refractivity contribution is 0.101. The molecule has 0 aliphatic heterocycles. The lowest BCUT2D eigenvalue weighted by atomic mass is 10.0. The summed E-state index contributed by atoms with van der Waals surface area (Å²) in [5, 5.41) is 11.0. The number of phenols is 1. The number of aromatic hydroxyl groups is 1. The van der Waals surface area contributed by atoms with Crippen molar-refractivity contribution < 1.29 is 14.6 Å². The third kappa shape index (κ3) is 4.06. The molecule has 0 saturated carbocycles. The SMILES string of the molecule is CCCc1c(OCCCn2cnc3ccccc3c2=O)ccc(C(C)=O)c1O. The summed E-state index contributed by atoms with van der Waals surface area (Å²) in [6.07, 6.45) is 3.61. The number of ether oxygens (including phenoxy) is 1. The lowest BCUT2D eigenvalue weighted by Crippen LogP contribution is -2.21. The number of hydrogen-bond acceptors (Lipinski definition) is 5. The van der Waals surface area contributed by atoms with E-state index in [-0.39, 0.29) is 17.1 Å². The molecule has 0 amide bonds. The summed E-state index contributed by atoms with van der Waals surface area (Å²) in [6, 6.07) is 10.6. The molecule has 1 aromatic heterocycles. The highest BCUT2D eigenvalue weighted by molar-refractivity contribution is 5.97. The van der Waals surface area contributed by atoms with Gasteiger partial charge in [-0.1, -0.05) is 25.5 Å². The first-order chi connectivity index (χ1) is 13.5. The molecule has 0 aliphatic rings. The van der Waals surface area contributed by atoms with E-state index in [0.29, 0.717) is 53.8 Å². The number of nitrogens with zero attached hydrogens (tertiary/aromatic N) is 2. The van der Waals surface area contributed by atoms with Gasteiger partial charge in [0, 0.05) is 12.1 Å². The van der Waals surface area contributed by atoms with E-state index in [1.54, 1.807) is 29.1 Å². The number of Topliss-reactive ketones (excluding diaryl/α,β-unsaturated/α-hetero) is 1. The maximum absolute atomic E-state index is 12.5. The smallest absolute Gasteiger partial charge is 0.261 e. The predicted molar refractivity (Wildman–Crippen MR) is 108 cm³/mol. The largest absolute Gasteiger partial charge is 0.507 e. The number of ketones is 1. The second kappa shape index (κ2) is 8.69. The van der Waals surface area contributed by atoms with Crippen LogP contribution in [0.3, 0.4) is 0 Å². The maximum Gasteiger partial charge on any atom is 0.261 e. The lowest BCUT2D eigenvalue weighted by Gasteiger charge is -2.15. The fourth-order valence-corrected chi connectivity index (χ4v) is 3.21. The van der Waals surface area contributed by atoms with Gasteiger partial charge >= 0.3 is 0 Å². The fraction of sp³-hybridized carbons (Fsp3) is 0.318. The molecule has 1 heterocycles. The van der Waals surface area contributed by atoms with Crippen LogP contribution in [-0.2, 0) is 13.0 Å². The van der Waals surface area contributed by atoms with Gasteiger partial charge in [0.2, 0.25) is 0 Å². The molecule has 0 unspecified atom stereocenters. The van der Waals surface area contributed by atoms with Crippen molar-refractivity contribution >= 4 is 16.7 Å². The van der Waals surface area contributed by atoms with Crippen LogP contribution in [0.25, 0.3) is 10.9 Å². The van der Waals surface area contributed by atoms with Gasteiger partial charge in [-0.3, -0.25) is 14.2 Å². The van der Waals surface area contributed by atoms with Crippen molar-refractivity contribution in [3.63, 3.8) is 0 Å². The van der Waals surface area contributed by atoms with Crippen molar-refractivity contribution in [2.24, 2.45) is 0 Å². The summed E-state index contributed by atoms with van der Waals surface area (Å²) in [5.41, 5.74) is 1.58. The molecule has 6 heteroatoms. The molecule has 0 aliphatic carbocycles. The summed E-state index contributed by atoms with van der Waals surface area (Å²) in [6.45, 7) is 4.30. The first kappa shape index (κ1) is 19.6.